The summed E-state index contributed by atoms with van der Waals surface area (Å²) in [6.45, 7) is 8.82. The van der Waals surface area contributed by atoms with Crippen molar-refractivity contribution in [1.82, 2.24) is 25.2 Å². The number of amides is 1. The highest BCUT2D eigenvalue weighted by Gasteiger charge is 2.10. The highest BCUT2D eigenvalue weighted by atomic mass is 16.5. The molecule has 3 aromatic carbocycles. The predicted molar refractivity (Wildman–Crippen MR) is 134 cm³/mol. The van der Waals surface area contributed by atoms with Gasteiger partial charge in [0.25, 0.3) is 5.91 Å². The van der Waals surface area contributed by atoms with Gasteiger partial charge in [-0.3, -0.25) is 4.79 Å². The van der Waals surface area contributed by atoms with Gasteiger partial charge in [0.05, 0.1) is 12.1 Å². The lowest BCUT2D eigenvalue weighted by Crippen LogP contribution is -2.28. The molecule has 7 nitrogen and oxygen atoms in total. The van der Waals surface area contributed by atoms with E-state index in [2.05, 4.69) is 34.4 Å². The molecule has 0 aliphatic rings. The van der Waals surface area contributed by atoms with Crippen molar-refractivity contribution in [2.24, 2.45) is 0 Å². The van der Waals surface area contributed by atoms with Crippen LogP contribution in [-0.4, -0.2) is 52.0 Å². The van der Waals surface area contributed by atoms with Crippen LogP contribution < -0.4 is 10.1 Å². The third-order valence-corrected chi connectivity index (χ3v) is 5.94. The van der Waals surface area contributed by atoms with Crippen LogP contribution >= 0.6 is 0 Å². The van der Waals surface area contributed by atoms with Crippen LogP contribution in [0.4, 0.5) is 0 Å². The minimum absolute atomic E-state index is 0.115. The van der Waals surface area contributed by atoms with Gasteiger partial charge in [0.1, 0.15) is 17.9 Å². The summed E-state index contributed by atoms with van der Waals surface area (Å²) in [5.41, 5.74) is 4.49. The van der Waals surface area contributed by atoms with Gasteiger partial charge < -0.3 is 15.0 Å². The van der Waals surface area contributed by atoms with E-state index in [0.29, 0.717) is 25.3 Å². The Morgan fingerprint density at radius 2 is 1.71 bits per heavy atom. The van der Waals surface area contributed by atoms with Crippen molar-refractivity contribution in [1.29, 1.82) is 0 Å². The summed E-state index contributed by atoms with van der Waals surface area (Å²) in [7, 11) is 0. The zero-order chi connectivity index (χ0) is 23.8. The molecule has 0 fully saturated rings. The van der Waals surface area contributed by atoms with E-state index in [9.17, 15) is 4.79 Å². The average Bonchev–Trinajstić information content (AvgIpc) is 3.29. The Morgan fingerprint density at radius 1 is 0.971 bits per heavy atom. The Hall–Kier alpha value is -3.71. The second-order valence-electron chi connectivity index (χ2n) is 8.10. The molecular formula is C27H31N5O2. The predicted octanol–water partition coefficient (Wildman–Crippen LogP) is 4.13. The molecule has 0 spiro atoms. The number of hydrogen-bond acceptors (Lipinski definition) is 5. The van der Waals surface area contributed by atoms with E-state index in [-0.39, 0.29) is 5.91 Å². The number of nitrogens with zero attached hydrogens (tertiary/aromatic N) is 4. The van der Waals surface area contributed by atoms with Crippen molar-refractivity contribution in [3.8, 4) is 5.75 Å². The van der Waals surface area contributed by atoms with Crippen molar-refractivity contribution >= 4 is 16.9 Å². The van der Waals surface area contributed by atoms with Gasteiger partial charge >= 0.3 is 0 Å². The standard InChI is InChI=1S/C27H31N5O2/c1-3-31(4-2)17-18-34-26-12-8-5-9-23(26)19-28-27(33)22-15-13-21(14-16-22)20-32-25-11-7-6-10-24(25)29-30-32/h5-16H,3-4,17-20H2,1-2H3,(H,28,33). The van der Waals surface area contributed by atoms with Crippen molar-refractivity contribution in [2.75, 3.05) is 26.2 Å². The second kappa shape index (κ2) is 11.4. The van der Waals surface area contributed by atoms with E-state index in [4.69, 9.17) is 4.74 Å². The van der Waals surface area contributed by atoms with Gasteiger partial charge in [0.15, 0.2) is 0 Å². The largest absolute Gasteiger partial charge is 0.492 e. The van der Waals surface area contributed by atoms with Crippen LogP contribution in [0.5, 0.6) is 5.75 Å². The fraction of sp³-hybridized carbons (Fsp3) is 0.296. The quantitative estimate of drug-likeness (QED) is 0.367. The monoisotopic (exact) mass is 457 g/mol. The first-order chi connectivity index (χ1) is 16.7. The third-order valence-electron chi connectivity index (χ3n) is 5.94. The van der Waals surface area contributed by atoms with Gasteiger partial charge in [-0.25, -0.2) is 4.68 Å². The Balaban J connectivity index is 1.33. The molecule has 176 valence electrons. The van der Waals surface area contributed by atoms with Crippen LogP contribution in [0.15, 0.2) is 72.8 Å². The van der Waals surface area contributed by atoms with E-state index >= 15 is 0 Å². The minimum Gasteiger partial charge on any atom is -0.492 e. The van der Waals surface area contributed by atoms with Crippen LogP contribution in [-0.2, 0) is 13.1 Å². The molecule has 1 heterocycles. The molecule has 4 rings (SSSR count). The summed E-state index contributed by atoms with van der Waals surface area (Å²) in [5.74, 6) is 0.695. The lowest BCUT2D eigenvalue weighted by atomic mass is 10.1. The number of carbonyl (C=O) groups is 1. The van der Waals surface area contributed by atoms with E-state index in [1.165, 1.54) is 0 Å². The van der Waals surface area contributed by atoms with Crippen molar-refractivity contribution in [3.05, 3.63) is 89.5 Å². The first-order valence-electron chi connectivity index (χ1n) is 11.8. The maximum atomic E-state index is 12.7. The average molecular weight is 458 g/mol. The molecule has 0 unspecified atom stereocenters. The first-order valence-corrected chi connectivity index (χ1v) is 11.8. The summed E-state index contributed by atoms with van der Waals surface area (Å²) < 4.78 is 7.86. The van der Waals surface area contributed by atoms with Crippen LogP contribution in [0.3, 0.4) is 0 Å². The topological polar surface area (TPSA) is 72.3 Å². The van der Waals surface area contributed by atoms with Crippen molar-refractivity contribution in [2.45, 2.75) is 26.9 Å². The molecule has 0 atom stereocenters. The molecule has 1 N–H and O–H groups in total. The number of likely N-dealkylation sites (N-methyl/N-ethyl adjacent to an activating group) is 1. The molecule has 1 amide bonds. The Kier molecular flexibility index (Phi) is 7.88. The number of fused-ring (bicyclic) bond motifs is 1. The maximum Gasteiger partial charge on any atom is 0.251 e. The van der Waals surface area contributed by atoms with Crippen LogP contribution in [0.2, 0.25) is 0 Å². The highest BCUT2D eigenvalue weighted by molar-refractivity contribution is 5.94. The Labute approximate surface area is 200 Å². The van der Waals surface area contributed by atoms with Crippen molar-refractivity contribution in [3.63, 3.8) is 0 Å². The lowest BCUT2D eigenvalue weighted by molar-refractivity contribution is 0.0950. The molecule has 0 radical (unpaired) electrons. The molecule has 34 heavy (non-hydrogen) atoms. The number of rotatable bonds is 11. The summed E-state index contributed by atoms with van der Waals surface area (Å²) in [6, 6.07) is 23.3. The molecule has 4 aromatic rings. The number of carbonyl (C=O) groups excluding carboxylic acids is 1. The number of benzene rings is 3. The van der Waals surface area contributed by atoms with Gasteiger partial charge in [-0.2, -0.15) is 0 Å². The normalized spacial score (nSPS) is 11.1. The molecule has 1 aromatic heterocycles. The van der Waals surface area contributed by atoms with E-state index in [0.717, 1.165) is 47.5 Å². The number of aromatic nitrogens is 3. The van der Waals surface area contributed by atoms with Gasteiger partial charge in [0, 0.05) is 24.2 Å². The highest BCUT2D eigenvalue weighted by Crippen LogP contribution is 2.18. The third kappa shape index (κ3) is 5.80. The Morgan fingerprint density at radius 3 is 2.50 bits per heavy atom. The van der Waals surface area contributed by atoms with Gasteiger partial charge in [-0.05, 0) is 49.0 Å². The molecule has 0 aliphatic carbocycles. The maximum absolute atomic E-state index is 12.7. The molecule has 0 bridgehead atoms. The smallest absolute Gasteiger partial charge is 0.251 e. The molecule has 0 aliphatic heterocycles. The van der Waals surface area contributed by atoms with E-state index in [1.54, 1.807) is 0 Å². The van der Waals surface area contributed by atoms with E-state index < -0.39 is 0 Å². The summed E-state index contributed by atoms with van der Waals surface area (Å²) in [6.07, 6.45) is 0. The second-order valence-corrected chi connectivity index (χ2v) is 8.10. The lowest BCUT2D eigenvalue weighted by Gasteiger charge is -2.19. The number of nitrogens with one attached hydrogen (secondary N) is 1. The number of para-hydroxylation sites is 2. The number of ether oxygens (including phenoxy) is 1. The SMILES string of the molecule is CCN(CC)CCOc1ccccc1CNC(=O)c1ccc(Cn2nnc3ccccc32)cc1. The van der Waals surface area contributed by atoms with Gasteiger partial charge in [-0.15, -0.1) is 5.10 Å². The fourth-order valence-corrected chi connectivity index (χ4v) is 3.86. The summed E-state index contributed by atoms with van der Waals surface area (Å²) in [4.78, 5) is 15.0. The van der Waals surface area contributed by atoms with Gasteiger partial charge in [-0.1, -0.05) is 61.5 Å². The van der Waals surface area contributed by atoms with Crippen LogP contribution in [0.25, 0.3) is 11.0 Å². The van der Waals surface area contributed by atoms with Crippen LogP contribution in [0.1, 0.15) is 35.3 Å². The molecular weight excluding hydrogens is 426 g/mol. The van der Waals surface area contributed by atoms with Crippen molar-refractivity contribution < 1.29 is 9.53 Å². The first kappa shape index (κ1) is 23.4. The van der Waals surface area contributed by atoms with Crippen LogP contribution in [0, 0.1) is 0 Å². The van der Waals surface area contributed by atoms with E-state index in [1.807, 2.05) is 77.5 Å². The summed E-state index contributed by atoms with van der Waals surface area (Å²) in [5, 5.41) is 11.4. The number of hydrogen-bond donors (Lipinski definition) is 1. The Bertz CT molecular complexity index is 1220. The molecule has 7 heteroatoms. The summed E-state index contributed by atoms with van der Waals surface area (Å²) >= 11 is 0. The zero-order valence-corrected chi connectivity index (χ0v) is 19.8. The zero-order valence-electron chi connectivity index (χ0n) is 19.8. The molecule has 0 saturated heterocycles. The van der Waals surface area contributed by atoms with Gasteiger partial charge in [0.2, 0.25) is 0 Å². The minimum atomic E-state index is -0.115. The fourth-order valence-electron chi connectivity index (χ4n) is 3.86. The molecule has 0 saturated carbocycles.